The van der Waals surface area contributed by atoms with E-state index in [0.717, 1.165) is 23.7 Å². The van der Waals surface area contributed by atoms with Gasteiger partial charge in [-0.3, -0.25) is 14.7 Å². The Labute approximate surface area is 138 Å². The molecule has 1 aliphatic carbocycles. The number of H-pyrrole nitrogens is 1. The molecule has 120 valence electrons. The zero-order valence-corrected chi connectivity index (χ0v) is 12.9. The van der Waals surface area contributed by atoms with Gasteiger partial charge in [-0.15, -0.1) is 0 Å². The Kier molecular flexibility index (Phi) is 3.49. The molecule has 3 aromatic rings. The Bertz CT molecular complexity index is 910. The first-order chi connectivity index (χ1) is 11.7. The van der Waals surface area contributed by atoms with Crippen LogP contribution in [0.4, 0.5) is 11.4 Å². The maximum atomic E-state index is 12.3. The number of nitrogens with one attached hydrogen (secondary N) is 3. The van der Waals surface area contributed by atoms with E-state index in [1.807, 2.05) is 18.2 Å². The summed E-state index contributed by atoms with van der Waals surface area (Å²) >= 11 is 0. The van der Waals surface area contributed by atoms with Crippen LogP contribution in [0.3, 0.4) is 0 Å². The van der Waals surface area contributed by atoms with E-state index >= 15 is 0 Å². The van der Waals surface area contributed by atoms with Gasteiger partial charge in [0.15, 0.2) is 0 Å². The van der Waals surface area contributed by atoms with Gasteiger partial charge in [0.1, 0.15) is 0 Å². The Morgan fingerprint density at radius 2 is 1.75 bits per heavy atom. The zero-order valence-electron chi connectivity index (χ0n) is 12.9. The van der Waals surface area contributed by atoms with Crippen molar-refractivity contribution >= 4 is 34.1 Å². The maximum Gasteiger partial charge on any atom is 0.255 e. The van der Waals surface area contributed by atoms with Crippen molar-refractivity contribution in [2.24, 2.45) is 5.92 Å². The zero-order chi connectivity index (χ0) is 16.5. The molecule has 1 aliphatic rings. The quantitative estimate of drug-likeness (QED) is 0.690. The van der Waals surface area contributed by atoms with Gasteiger partial charge < -0.3 is 10.6 Å². The van der Waals surface area contributed by atoms with Crippen molar-refractivity contribution < 1.29 is 9.59 Å². The van der Waals surface area contributed by atoms with Gasteiger partial charge in [0, 0.05) is 28.2 Å². The number of carbonyl (C=O) groups is 2. The lowest BCUT2D eigenvalue weighted by atomic mass is 10.1. The van der Waals surface area contributed by atoms with Gasteiger partial charge in [-0.2, -0.15) is 5.10 Å². The first-order valence-corrected chi connectivity index (χ1v) is 7.84. The summed E-state index contributed by atoms with van der Waals surface area (Å²) in [5.74, 6) is 0.0179. The van der Waals surface area contributed by atoms with Crippen LogP contribution in [0.1, 0.15) is 23.2 Å². The molecule has 6 nitrogen and oxygen atoms in total. The number of amides is 2. The molecule has 0 spiro atoms. The van der Waals surface area contributed by atoms with Gasteiger partial charge in [-0.1, -0.05) is 0 Å². The van der Waals surface area contributed by atoms with E-state index in [-0.39, 0.29) is 17.7 Å². The smallest absolute Gasteiger partial charge is 0.255 e. The van der Waals surface area contributed by atoms with Crippen LogP contribution in [-0.2, 0) is 4.79 Å². The van der Waals surface area contributed by atoms with E-state index in [1.54, 1.807) is 30.5 Å². The van der Waals surface area contributed by atoms with Gasteiger partial charge >= 0.3 is 0 Å². The number of fused-ring (bicyclic) bond motifs is 1. The average molecular weight is 320 g/mol. The molecule has 2 aromatic carbocycles. The second-order valence-electron chi connectivity index (χ2n) is 5.97. The molecule has 0 saturated heterocycles. The summed E-state index contributed by atoms with van der Waals surface area (Å²) in [6.07, 6.45) is 3.64. The fourth-order valence-corrected chi connectivity index (χ4v) is 2.52. The number of aromatic nitrogens is 2. The van der Waals surface area contributed by atoms with Crippen molar-refractivity contribution in [2.75, 3.05) is 10.6 Å². The summed E-state index contributed by atoms with van der Waals surface area (Å²) in [5.41, 5.74) is 2.87. The minimum Gasteiger partial charge on any atom is -0.326 e. The van der Waals surface area contributed by atoms with Crippen LogP contribution in [0, 0.1) is 5.92 Å². The molecule has 6 heteroatoms. The molecule has 24 heavy (non-hydrogen) atoms. The van der Waals surface area contributed by atoms with Crippen molar-refractivity contribution in [2.45, 2.75) is 12.8 Å². The van der Waals surface area contributed by atoms with E-state index in [4.69, 9.17) is 0 Å². The molecule has 1 fully saturated rings. The topological polar surface area (TPSA) is 86.9 Å². The van der Waals surface area contributed by atoms with Crippen LogP contribution in [0.15, 0.2) is 48.7 Å². The molecule has 0 bridgehead atoms. The van der Waals surface area contributed by atoms with E-state index in [2.05, 4.69) is 20.8 Å². The summed E-state index contributed by atoms with van der Waals surface area (Å²) in [4.78, 5) is 24.0. The Morgan fingerprint density at radius 3 is 2.50 bits per heavy atom. The number of benzene rings is 2. The first kappa shape index (κ1) is 14.4. The van der Waals surface area contributed by atoms with E-state index in [1.165, 1.54) is 0 Å². The predicted molar refractivity (Wildman–Crippen MR) is 91.8 cm³/mol. The first-order valence-electron chi connectivity index (χ1n) is 7.84. The number of nitrogens with zero attached hydrogens (tertiary/aromatic N) is 1. The lowest BCUT2D eigenvalue weighted by Gasteiger charge is -2.07. The molecule has 1 aromatic heterocycles. The maximum absolute atomic E-state index is 12.3. The minimum absolute atomic E-state index is 0.0561. The molecule has 1 heterocycles. The Morgan fingerprint density at radius 1 is 1.00 bits per heavy atom. The second kappa shape index (κ2) is 5.81. The van der Waals surface area contributed by atoms with Crippen molar-refractivity contribution in [3.63, 3.8) is 0 Å². The molecule has 1 saturated carbocycles. The van der Waals surface area contributed by atoms with E-state index in [9.17, 15) is 9.59 Å². The average Bonchev–Trinajstić information content (AvgIpc) is 3.34. The van der Waals surface area contributed by atoms with Gasteiger partial charge in [0.05, 0.1) is 11.7 Å². The molecule has 4 rings (SSSR count). The third-order valence-corrected chi connectivity index (χ3v) is 4.06. The normalized spacial score (nSPS) is 13.7. The van der Waals surface area contributed by atoms with Crippen LogP contribution in [0.25, 0.3) is 10.9 Å². The second-order valence-corrected chi connectivity index (χ2v) is 5.97. The molecule has 0 unspecified atom stereocenters. The largest absolute Gasteiger partial charge is 0.326 e. The third kappa shape index (κ3) is 2.99. The number of hydrogen-bond donors (Lipinski definition) is 3. The van der Waals surface area contributed by atoms with E-state index in [0.29, 0.717) is 16.9 Å². The monoisotopic (exact) mass is 320 g/mol. The van der Waals surface area contributed by atoms with Crippen molar-refractivity contribution in [3.05, 3.63) is 54.2 Å². The summed E-state index contributed by atoms with van der Waals surface area (Å²) < 4.78 is 0. The summed E-state index contributed by atoms with van der Waals surface area (Å²) in [7, 11) is 0. The van der Waals surface area contributed by atoms with Gasteiger partial charge in [-0.05, 0) is 55.3 Å². The molecule has 0 aliphatic heterocycles. The summed E-state index contributed by atoms with van der Waals surface area (Å²) in [5, 5.41) is 13.5. The summed E-state index contributed by atoms with van der Waals surface area (Å²) in [6.45, 7) is 0. The minimum atomic E-state index is -0.196. The number of rotatable bonds is 4. The van der Waals surface area contributed by atoms with Crippen molar-refractivity contribution in [1.82, 2.24) is 10.2 Å². The Balaban J connectivity index is 1.44. The van der Waals surface area contributed by atoms with Gasteiger partial charge in [-0.25, -0.2) is 0 Å². The van der Waals surface area contributed by atoms with Gasteiger partial charge in [0.25, 0.3) is 5.91 Å². The Hall–Kier alpha value is -3.15. The highest BCUT2D eigenvalue weighted by molar-refractivity contribution is 6.05. The highest BCUT2D eigenvalue weighted by Gasteiger charge is 2.29. The molecule has 3 N–H and O–H groups in total. The third-order valence-electron chi connectivity index (χ3n) is 4.06. The van der Waals surface area contributed by atoms with Crippen molar-refractivity contribution in [1.29, 1.82) is 0 Å². The number of aromatic amines is 1. The lowest BCUT2D eigenvalue weighted by Crippen LogP contribution is -2.14. The number of carbonyl (C=O) groups excluding carboxylic acids is 2. The highest BCUT2D eigenvalue weighted by atomic mass is 16.2. The molecular formula is C18H16N4O2. The van der Waals surface area contributed by atoms with Gasteiger partial charge in [0.2, 0.25) is 5.91 Å². The molecule has 2 amide bonds. The fraction of sp³-hybridized carbons (Fsp3) is 0.167. The van der Waals surface area contributed by atoms with Crippen LogP contribution in [0.5, 0.6) is 0 Å². The number of anilines is 2. The SMILES string of the molecule is O=C(Nc1ccc2[nH]ncc2c1)c1ccc(NC(=O)C2CC2)cc1. The predicted octanol–water partition coefficient (Wildman–Crippen LogP) is 3.16. The van der Waals surface area contributed by atoms with Crippen LogP contribution >= 0.6 is 0 Å². The lowest BCUT2D eigenvalue weighted by molar-refractivity contribution is -0.117. The molecule has 0 radical (unpaired) electrons. The molecular weight excluding hydrogens is 304 g/mol. The van der Waals surface area contributed by atoms with Crippen LogP contribution in [0.2, 0.25) is 0 Å². The highest BCUT2D eigenvalue weighted by Crippen LogP contribution is 2.30. The van der Waals surface area contributed by atoms with Crippen LogP contribution < -0.4 is 10.6 Å². The standard InChI is InChI=1S/C18H16N4O2/c23-17(11-1-2-11)20-14-5-3-12(4-6-14)18(24)21-15-7-8-16-13(9-15)10-19-22-16/h3-11H,1-2H2,(H,19,22)(H,20,23)(H,21,24). The fourth-order valence-electron chi connectivity index (χ4n) is 2.52. The number of hydrogen-bond acceptors (Lipinski definition) is 3. The summed E-state index contributed by atoms with van der Waals surface area (Å²) in [6, 6.07) is 12.4. The molecule has 0 atom stereocenters. The van der Waals surface area contributed by atoms with E-state index < -0.39 is 0 Å². The van der Waals surface area contributed by atoms with Crippen molar-refractivity contribution in [3.8, 4) is 0 Å². The van der Waals surface area contributed by atoms with Crippen LogP contribution in [-0.4, -0.2) is 22.0 Å².